The minimum absolute atomic E-state index is 0.261. The molecule has 230 valence electrons. The number of furan rings is 2. The maximum Gasteiger partial charge on any atom is 0.338 e. The molecule has 2 aromatic heterocycles. The van der Waals surface area contributed by atoms with Crippen LogP contribution in [0.5, 0.6) is 0 Å². The summed E-state index contributed by atoms with van der Waals surface area (Å²) in [6, 6.07) is 38.2. The van der Waals surface area contributed by atoms with E-state index in [0.717, 1.165) is 69.5 Å². The van der Waals surface area contributed by atoms with Crippen molar-refractivity contribution >= 4 is 87.7 Å². The molecule has 8 rings (SSSR count). The lowest BCUT2D eigenvalue weighted by Crippen LogP contribution is -2.03. The van der Waals surface area contributed by atoms with E-state index in [-0.39, 0.29) is 11.5 Å². The van der Waals surface area contributed by atoms with Crippen molar-refractivity contribution in [1.29, 1.82) is 0 Å². The number of ether oxygens (including phenoxy) is 1. The van der Waals surface area contributed by atoms with Crippen LogP contribution in [0.2, 0.25) is 0 Å². The molecule has 0 amide bonds. The minimum Gasteiger partial charge on any atom is -0.478 e. The molecular formula is C39H24Br2O6. The Hall–Kier alpha value is -5.18. The van der Waals surface area contributed by atoms with Gasteiger partial charge in [0.25, 0.3) is 0 Å². The largest absolute Gasteiger partial charge is 0.478 e. The first-order chi connectivity index (χ1) is 22.8. The molecule has 1 N–H and O–H groups in total. The topological polar surface area (TPSA) is 89.9 Å². The second-order valence-corrected chi connectivity index (χ2v) is 12.6. The lowest BCUT2D eigenvalue weighted by molar-refractivity contribution is 0.0600. The third-order valence-corrected chi connectivity index (χ3v) is 8.97. The maximum absolute atomic E-state index is 12.2. The first-order valence-electron chi connectivity index (χ1n) is 14.6. The summed E-state index contributed by atoms with van der Waals surface area (Å²) < 4.78 is 18.3. The summed E-state index contributed by atoms with van der Waals surface area (Å²) in [4.78, 5) is 23.9. The highest BCUT2D eigenvalue weighted by molar-refractivity contribution is 9.10. The SMILES string of the molecule is COC(=O)c1cc(Br)ccc1-c1cccc2oc3ccccc3c12.O=C(O)c1cc(Br)ccc1-c1cccc2oc3ccccc3c12. The van der Waals surface area contributed by atoms with Gasteiger partial charge in [-0.2, -0.15) is 0 Å². The Kier molecular flexibility index (Phi) is 8.14. The number of carbonyl (C=O) groups is 2. The second-order valence-electron chi connectivity index (χ2n) is 10.7. The van der Waals surface area contributed by atoms with Crippen molar-refractivity contribution in [2.24, 2.45) is 0 Å². The quantitative estimate of drug-likeness (QED) is 0.180. The fourth-order valence-corrected chi connectivity index (χ4v) is 6.68. The third kappa shape index (κ3) is 5.60. The average molecular weight is 748 g/mol. The number of carboxylic acids is 1. The van der Waals surface area contributed by atoms with Gasteiger partial charge in [0, 0.05) is 30.5 Å². The van der Waals surface area contributed by atoms with Crippen LogP contribution in [-0.4, -0.2) is 24.2 Å². The number of fused-ring (bicyclic) bond motifs is 6. The molecule has 0 aliphatic heterocycles. The Bertz CT molecular complexity index is 2490. The molecule has 8 heteroatoms. The van der Waals surface area contributed by atoms with E-state index in [2.05, 4.69) is 31.9 Å². The summed E-state index contributed by atoms with van der Waals surface area (Å²) >= 11 is 6.76. The number of carbonyl (C=O) groups excluding carboxylic acids is 1. The number of aromatic carboxylic acids is 1. The van der Waals surface area contributed by atoms with Crippen LogP contribution in [0.1, 0.15) is 20.7 Å². The van der Waals surface area contributed by atoms with Crippen LogP contribution in [0.4, 0.5) is 0 Å². The van der Waals surface area contributed by atoms with Gasteiger partial charge in [-0.05, 0) is 70.8 Å². The Morgan fingerprint density at radius 3 is 1.49 bits per heavy atom. The fraction of sp³-hybridized carbons (Fsp3) is 0.0256. The number of para-hydroxylation sites is 2. The van der Waals surface area contributed by atoms with Crippen LogP contribution in [-0.2, 0) is 4.74 Å². The highest BCUT2D eigenvalue weighted by atomic mass is 79.9. The number of rotatable bonds is 4. The minimum atomic E-state index is -0.953. The molecule has 0 bridgehead atoms. The van der Waals surface area contributed by atoms with Gasteiger partial charge in [-0.1, -0.05) is 105 Å². The molecule has 2 heterocycles. The fourth-order valence-electron chi connectivity index (χ4n) is 5.96. The van der Waals surface area contributed by atoms with E-state index in [1.807, 2.05) is 109 Å². The molecule has 0 aliphatic carbocycles. The predicted octanol–water partition coefficient (Wildman–Crippen LogP) is 11.5. The molecule has 0 aliphatic rings. The molecule has 6 aromatic carbocycles. The summed E-state index contributed by atoms with van der Waals surface area (Å²) in [7, 11) is 1.39. The molecule has 0 fully saturated rings. The number of methoxy groups -OCH3 is 1. The Balaban J connectivity index is 0.000000150. The molecular weight excluding hydrogens is 724 g/mol. The first-order valence-corrected chi connectivity index (χ1v) is 16.1. The smallest absolute Gasteiger partial charge is 0.338 e. The number of carboxylic acid groups (broad SMARTS) is 1. The van der Waals surface area contributed by atoms with Crippen LogP contribution >= 0.6 is 31.9 Å². The van der Waals surface area contributed by atoms with E-state index in [4.69, 9.17) is 13.6 Å². The lowest BCUT2D eigenvalue weighted by atomic mass is 9.95. The van der Waals surface area contributed by atoms with E-state index in [9.17, 15) is 14.7 Å². The van der Waals surface area contributed by atoms with Crippen molar-refractivity contribution in [3.05, 3.63) is 141 Å². The zero-order chi connectivity index (χ0) is 32.7. The molecule has 0 radical (unpaired) electrons. The molecule has 8 aromatic rings. The number of halogens is 2. The van der Waals surface area contributed by atoms with Crippen molar-refractivity contribution in [1.82, 2.24) is 0 Å². The maximum atomic E-state index is 12.2. The van der Waals surface area contributed by atoms with Gasteiger partial charge in [0.15, 0.2) is 0 Å². The van der Waals surface area contributed by atoms with E-state index in [1.54, 1.807) is 12.1 Å². The molecule has 0 saturated heterocycles. The molecule has 0 saturated carbocycles. The van der Waals surface area contributed by atoms with E-state index < -0.39 is 5.97 Å². The van der Waals surface area contributed by atoms with Gasteiger partial charge < -0.3 is 18.7 Å². The first kappa shape index (κ1) is 30.5. The van der Waals surface area contributed by atoms with Crippen molar-refractivity contribution in [3.63, 3.8) is 0 Å². The predicted molar refractivity (Wildman–Crippen MR) is 192 cm³/mol. The number of esters is 1. The zero-order valence-electron chi connectivity index (χ0n) is 24.8. The Morgan fingerprint density at radius 2 is 1.00 bits per heavy atom. The number of hydrogen-bond acceptors (Lipinski definition) is 5. The Morgan fingerprint density at radius 1 is 0.553 bits per heavy atom. The summed E-state index contributed by atoms with van der Waals surface area (Å²) in [5.41, 5.74) is 7.26. The number of hydrogen-bond donors (Lipinski definition) is 1. The van der Waals surface area contributed by atoms with E-state index in [0.29, 0.717) is 11.1 Å². The molecule has 6 nitrogen and oxygen atoms in total. The highest BCUT2D eigenvalue weighted by Crippen LogP contribution is 2.40. The number of benzene rings is 6. The third-order valence-electron chi connectivity index (χ3n) is 7.98. The Labute approximate surface area is 285 Å². The van der Waals surface area contributed by atoms with Crippen molar-refractivity contribution in [3.8, 4) is 22.3 Å². The standard InChI is InChI=1S/C20H13BrO3.C19H11BrO3/c1-23-20(22)16-11-12(21)9-10-13(16)14-6-4-8-18-19(14)15-5-2-3-7-17(15)24-18;20-11-8-9-12(15(10-11)19(21)22)13-5-3-7-17-18(13)14-4-1-2-6-16(14)23-17/h2-11H,1H3;1-10H,(H,21,22). The van der Waals surface area contributed by atoms with Gasteiger partial charge in [-0.25, -0.2) is 9.59 Å². The van der Waals surface area contributed by atoms with Gasteiger partial charge in [0.05, 0.1) is 18.2 Å². The summed E-state index contributed by atoms with van der Waals surface area (Å²) in [5, 5.41) is 13.5. The van der Waals surface area contributed by atoms with Crippen molar-refractivity contribution in [2.75, 3.05) is 7.11 Å². The van der Waals surface area contributed by atoms with Gasteiger partial charge in [0.1, 0.15) is 22.3 Å². The molecule has 0 spiro atoms. The van der Waals surface area contributed by atoms with E-state index >= 15 is 0 Å². The summed E-state index contributed by atoms with van der Waals surface area (Å²) in [5.74, 6) is -1.32. The molecule has 47 heavy (non-hydrogen) atoms. The molecule has 0 atom stereocenters. The molecule has 0 unspecified atom stereocenters. The second kappa shape index (κ2) is 12.5. The van der Waals surface area contributed by atoms with Gasteiger partial charge in [-0.3, -0.25) is 0 Å². The van der Waals surface area contributed by atoms with Crippen LogP contribution in [0.15, 0.2) is 139 Å². The van der Waals surface area contributed by atoms with Gasteiger partial charge >= 0.3 is 11.9 Å². The zero-order valence-corrected chi connectivity index (χ0v) is 28.0. The van der Waals surface area contributed by atoms with Crippen molar-refractivity contribution < 1.29 is 28.3 Å². The van der Waals surface area contributed by atoms with Gasteiger partial charge in [-0.15, -0.1) is 0 Å². The summed E-state index contributed by atoms with van der Waals surface area (Å²) in [6.45, 7) is 0. The van der Waals surface area contributed by atoms with Gasteiger partial charge in [0.2, 0.25) is 0 Å². The highest BCUT2D eigenvalue weighted by Gasteiger charge is 2.19. The van der Waals surface area contributed by atoms with Crippen LogP contribution in [0.25, 0.3) is 66.1 Å². The normalized spacial score (nSPS) is 11.1. The average Bonchev–Trinajstić information content (AvgIpc) is 3.67. The monoisotopic (exact) mass is 746 g/mol. The van der Waals surface area contributed by atoms with Crippen LogP contribution in [0.3, 0.4) is 0 Å². The van der Waals surface area contributed by atoms with Crippen molar-refractivity contribution in [2.45, 2.75) is 0 Å². The van der Waals surface area contributed by atoms with E-state index in [1.165, 1.54) is 7.11 Å². The van der Waals surface area contributed by atoms with Crippen LogP contribution in [0, 0.1) is 0 Å². The summed E-state index contributed by atoms with van der Waals surface area (Å²) in [6.07, 6.45) is 0. The lowest BCUT2D eigenvalue weighted by Gasteiger charge is -2.10. The van der Waals surface area contributed by atoms with Crippen LogP contribution < -0.4 is 0 Å².